The van der Waals surface area contributed by atoms with Crippen LogP contribution in [0.4, 0.5) is 11.5 Å². The van der Waals surface area contributed by atoms with Gasteiger partial charge in [0.25, 0.3) is 0 Å². The highest BCUT2D eigenvalue weighted by molar-refractivity contribution is 6.31. The lowest BCUT2D eigenvalue weighted by molar-refractivity contribution is -0.125. The summed E-state index contributed by atoms with van der Waals surface area (Å²) >= 11 is 12.0. The van der Waals surface area contributed by atoms with Gasteiger partial charge >= 0.3 is 0 Å². The van der Waals surface area contributed by atoms with Gasteiger partial charge in [-0.2, -0.15) is 5.10 Å². The Kier molecular flexibility index (Phi) is 3.72. The molecule has 1 unspecified atom stereocenters. The molecule has 0 radical (unpaired) electrons. The van der Waals surface area contributed by atoms with Crippen LogP contribution in [-0.4, -0.2) is 26.6 Å². The number of carbonyl (C=O) groups excluding carboxylic acids is 2. The van der Waals surface area contributed by atoms with Crippen molar-refractivity contribution in [3.05, 3.63) is 69.6 Å². The molecule has 7 nitrogen and oxygen atoms in total. The summed E-state index contributed by atoms with van der Waals surface area (Å²) < 4.78 is 1.63. The van der Waals surface area contributed by atoms with Crippen LogP contribution in [0.15, 0.2) is 42.7 Å². The summed E-state index contributed by atoms with van der Waals surface area (Å²) in [5, 5.41) is 11.2. The topological polar surface area (TPSA) is 88.9 Å². The van der Waals surface area contributed by atoms with E-state index < -0.39 is 5.41 Å². The molecule has 0 saturated heterocycles. The third kappa shape index (κ3) is 2.43. The number of hydrogen-bond donors (Lipinski definition) is 2. The maximum atomic E-state index is 13.0. The average Bonchev–Trinajstić information content (AvgIpc) is 3.17. The number of nitrogens with one attached hydrogen (secondary N) is 2. The van der Waals surface area contributed by atoms with Gasteiger partial charge in [0, 0.05) is 28.9 Å². The minimum Gasteiger partial charge on any atom is -0.325 e. The SMILES string of the molecule is O=C1CC2(C(=O)Nc3cc(Cl)ccc32)c2cnn(Cc3ccc(Cl)cn3)c2N1. The number of hydrogen-bond acceptors (Lipinski definition) is 4. The third-order valence-corrected chi connectivity index (χ3v) is 5.62. The van der Waals surface area contributed by atoms with Crippen LogP contribution in [0.1, 0.15) is 23.2 Å². The van der Waals surface area contributed by atoms with E-state index >= 15 is 0 Å². The maximum absolute atomic E-state index is 13.0. The molecule has 28 heavy (non-hydrogen) atoms. The van der Waals surface area contributed by atoms with E-state index in [4.69, 9.17) is 23.2 Å². The third-order valence-electron chi connectivity index (χ3n) is 5.16. The first-order valence-electron chi connectivity index (χ1n) is 8.55. The zero-order valence-electron chi connectivity index (χ0n) is 14.4. The molecular weight excluding hydrogens is 401 g/mol. The van der Waals surface area contributed by atoms with Crippen molar-refractivity contribution >= 4 is 46.5 Å². The Balaban J connectivity index is 1.64. The monoisotopic (exact) mass is 413 g/mol. The fourth-order valence-electron chi connectivity index (χ4n) is 3.90. The van der Waals surface area contributed by atoms with E-state index in [0.29, 0.717) is 33.7 Å². The van der Waals surface area contributed by atoms with Crippen LogP contribution < -0.4 is 10.6 Å². The highest BCUT2D eigenvalue weighted by atomic mass is 35.5. The largest absolute Gasteiger partial charge is 0.325 e. The van der Waals surface area contributed by atoms with E-state index in [9.17, 15) is 9.59 Å². The van der Waals surface area contributed by atoms with Crippen LogP contribution in [0.25, 0.3) is 0 Å². The van der Waals surface area contributed by atoms with Crippen LogP contribution in [0, 0.1) is 0 Å². The van der Waals surface area contributed by atoms with Crippen molar-refractivity contribution in [1.29, 1.82) is 0 Å². The number of aromatic nitrogens is 3. The minimum atomic E-state index is -1.12. The first-order valence-corrected chi connectivity index (χ1v) is 9.31. The minimum absolute atomic E-state index is 0.00531. The standard InChI is InChI=1S/C19H13Cl2N5O2/c20-10-2-4-13-15(5-10)24-18(28)19(13)6-16(27)25-17-14(19)8-23-26(17)9-12-3-1-11(21)7-22-12/h1-5,7-8H,6,9H2,(H,24,28)(H,25,27). The predicted octanol–water partition coefficient (Wildman–Crippen LogP) is 3.21. The summed E-state index contributed by atoms with van der Waals surface area (Å²) in [5.74, 6) is -0.0211. The Morgan fingerprint density at radius 2 is 1.86 bits per heavy atom. The molecule has 2 aliphatic heterocycles. The van der Waals surface area contributed by atoms with Crippen molar-refractivity contribution in [3.8, 4) is 0 Å². The van der Waals surface area contributed by atoms with Gasteiger partial charge in [-0.15, -0.1) is 0 Å². The number of anilines is 2. The quantitative estimate of drug-likeness (QED) is 0.674. The molecule has 2 N–H and O–H groups in total. The Morgan fingerprint density at radius 1 is 1.04 bits per heavy atom. The molecule has 0 saturated carbocycles. The summed E-state index contributed by atoms with van der Waals surface area (Å²) in [5.41, 5.74) is 1.60. The number of carbonyl (C=O) groups is 2. The second kappa shape index (κ2) is 6.05. The van der Waals surface area contributed by atoms with Crippen LogP contribution in [0.3, 0.4) is 0 Å². The number of pyridine rings is 1. The summed E-state index contributed by atoms with van der Waals surface area (Å²) in [6, 6.07) is 8.73. The lowest BCUT2D eigenvalue weighted by Gasteiger charge is -2.31. The molecule has 5 rings (SSSR count). The summed E-state index contributed by atoms with van der Waals surface area (Å²) in [6.45, 7) is 0.331. The van der Waals surface area contributed by atoms with Gasteiger partial charge < -0.3 is 10.6 Å². The fraction of sp³-hybridized carbons (Fsp3) is 0.158. The van der Waals surface area contributed by atoms with E-state index in [2.05, 4.69) is 20.7 Å². The molecule has 0 aliphatic carbocycles. The first-order chi connectivity index (χ1) is 13.5. The van der Waals surface area contributed by atoms with E-state index in [0.717, 1.165) is 11.3 Å². The molecule has 1 atom stereocenters. The second-order valence-corrected chi connectivity index (χ2v) is 7.68. The van der Waals surface area contributed by atoms with E-state index in [1.807, 2.05) is 0 Å². The van der Waals surface area contributed by atoms with E-state index in [1.165, 1.54) is 0 Å². The van der Waals surface area contributed by atoms with E-state index in [1.54, 1.807) is 47.4 Å². The van der Waals surface area contributed by atoms with Crippen molar-refractivity contribution in [2.75, 3.05) is 10.6 Å². The lowest BCUT2D eigenvalue weighted by atomic mass is 9.72. The average molecular weight is 414 g/mol. The molecule has 2 amide bonds. The van der Waals surface area contributed by atoms with Gasteiger partial charge in [0.15, 0.2) is 0 Å². The molecule has 9 heteroatoms. The van der Waals surface area contributed by atoms with Gasteiger partial charge in [-0.1, -0.05) is 29.3 Å². The Bertz CT molecular complexity index is 1140. The van der Waals surface area contributed by atoms with Crippen molar-refractivity contribution in [1.82, 2.24) is 14.8 Å². The fourth-order valence-corrected chi connectivity index (χ4v) is 4.19. The second-order valence-electron chi connectivity index (χ2n) is 6.81. The van der Waals surface area contributed by atoms with Crippen molar-refractivity contribution < 1.29 is 9.59 Å². The molecule has 2 aromatic heterocycles. The Labute approximate surface area is 169 Å². The number of halogens is 2. The van der Waals surface area contributed by atoms with Gasteiger partial charge in [0.2, 0.25) is 11.8 Å². The molecule has 140 valence electrons. The molecule has 0 bridgehead atoms. The molecule has 3 aromatic rings. The van der Waals surface area contributed by atoms with Gasteiger partial charge in [-0.3, -0.25) is 14.6 Å². The maximum Gasteiger partial charge on any atom is 0.240 e. The molecule has 1 spiro atoms. The zero-order valence-corrected chi connectivity index (χ0v) is 15.9. The number of benzene rings is 1. The summed E-state index contributed by atoms with van der Waals surface area (Å²) in [7, 11) is 0. The van der Waals surface area contributed by atoms with Gasteiger partial charge in [-0.25, -0.2) is 4.68 Å². The molecule has 2 aliphatic rings. The summed E-state index contributed by atoms with van der Waals surface area (Å²) in [4.78, 5) is 29.9. The van der Waals surface area contributed by atoms with Crippen molar-refractivity contribution in [2.24, 2.45) is 0 Å². The first kappa shape index (κ1) is 17.2. The number of amides is 2. The molecule has 1 aromatic carbocycles. The molecule has 4 heterocycles. The van der Waals surface area contributed by atoms with Crippen LogP contribution in [0.5, 0.6) is 0 Å². The predicted molar refractivity (Wildman–Crippen MR) is 105 cm³/mol. The van der Waals surface area contributed by atoms with Gasteiger partial charge in [0.05, 0.1) is 23.5 Å². The smallest absolute Gasteiger partial charge is 0.240 e. The Hall–Kier alpha value is -2.90. The van der Waals surface area contributed by atoms with Crippen molar-refractivity contribution in [3.63, 3.8) is 0 Å². The van der Waals surface area contributed by atoms with Gasteiger partial charge in [0.1, 0.15) is 11.2 Å². The number of fused-ring (bicyclic) bond motifs is 4. The Morgan fingerprint density at radius 3 is 2.64 bits per heavy atom. The summed E-state index contributed by atoms with van der Waals surface area (Å²) in [6.07, 6.45) is 3.19. The normalized spacial score (nSPS) is 19.9. The van der Waals surface area contributed by atoms with Crippen molar-refractivity contribution in [2.45, 2.75) is 18.4 Å². The number of rotatable bonds is 2. The van der Waals surface area contributed by atoms with Crippen LogP contribution in [-0.2, 0) is 21.5 Å². The van der Waals surface area contributed by atoms with Crippen LogP contribution >= 0.6 is 23.2 Å². The lowest BCUT2D eigenvalue weighted by Crippen LogP contribution is -2.43. The molecule has 0 fully saturated rings. The molecular formula is C19H13Cl2N5O2. The highest BCUT2D eigenvalue weighted by Crippen LogP contribution is 2.50. The number of nitrogens with zero attached hydrogens (tertiary/aromatic N) is 3. The highest BCUT2D eigenvalue weighted by Gasteiger charge is 2.54. The zero-order chi connectivity index (χ0) is 19.5. The van der Waals surface area contributed by atoms with Crippen LogP contribution in [0.2, 0.25) is 10.0 Å². The van der Waals surface area contributed by atoms with E-state index in [-0.39, 0.29) is 18.2 Å². The van der Waals surface area contributed by atoms with Gasteiger partial charge in [-0.05, 0) is 29.8 Å².